The number of carbonyl (C=O) groups is 1. The van der Waals surface area contributed by atoms with Crippen LogP contribution in [0.2, 0.25) is 0 Å². The van der Waals surface area contributed by atoms with E-state index in [0.29, 0.717) is 29.2 Å². The lowest BCUT2D eigenvalue weighted by Crippen LogP contribution is -2.50. The molecule has 0 radical (unpaired) electrons. The van der Waals surface area contributed by atoms with Gasteiger partial charge in [0.05, 0.1) is 5.41 Å². The molecular weight excluding hydrogens is 406 g/mol. The topological polar surface area (TPSA) is 86.5 Å². The van der Waals surface area contributed by atoms with E-state index in [1.165, 1.54) is 30.1 Å². The Balaban J connectivity index is 1.05. The molecule has 1 N–H and O–H groups in total. The van der Waals surface area contributed by atoms with Crippen molar-refractivity contribution in [3.8, 4) is 17.2 Å². The van der Waals surface area contributed by atoms with Gasteiger partial charge in [-0.15, -0.1) is 15.0 Å². The molecule has 0 amide bonds. The lowest BCUT2D eigenvalue weighted by Gasteiger charge is -2.55. The largest absolute Gasteiger partial charge is 0.505 e. The number of fused-ring (bicyclic) bond motifs is 1. The molecule has 3 aromatic rings. The van der Waals surface area contributed by atoms with Crippen LogP contribution in [0, 0.1) is 23.2 Å². The van der Waals surface area contributed by atoms with Gasteiger partial charge in [-0.1, -0.05) is 12.1 Å². The van der Waals surface area contributed by atoms with Gasteiger partial charge in [-0.3, -0.25) is 4.79 Å². The Hall–Kier alpha value is -3.09. The van der Waals surface area contributed by atoms with Crippen molar-refractivity contribution in [3.05, 3.63) is 42.5 Å². The van der Waals surface area contributed by atoms with Gasteiger partial charge in [0, 0.05) is 6.07 Å². The molecule has 0 unspecified atom stereocenters. The number of hydrogen-bond donors (Lipinski definition) is 1. The van der Waals surface area contributed by atoms with Gasteiger partial charge in [0.25, 0.3) is 0 Å². The quantitative estimate of drug-likeness (QED) is 0.462. The standard InChI is InChI=1S/C25H27N3O4/c29-23-12-19(5-6-22(23)28-26-20-3-1-2-4-21(20)27-28)31-7-8-32-24(30)25-13-16-9-17(14-25)11-18(10-16)15-25/h1-6,12,16-18,29H,7-11,13-15H2. The summed E-state index contributed by atoms with van der Waals surface area (Å²) in [5, 5.41) is 19.2. The average Bonchev–Trinajstić information content (AvgIpc) is 3.19. The zero-order valence-corrected chi connectivity index (χ0v) is 17.9. The molecule has 0 atom stereocenters. The van der Waals surface area contributed by atoms with Crippen LogP contribution in [0.15, 0.2) is 42.5 Å². The van der Waals surface area contributed by atoms with Crippen LogP contribution >= 0.6 is 0 Å². The summed E-state index contributed by atoms with van der Waals surface area (Å²) >= 11 is 0. The van der Waals surface area contributed by atoms with E-state index in [-0.39, 0.29) is 30.3 Å². The van der Waals surface area contributed by atoms with Crippen LogP contribution in [0.5, 0.6) is 11.5 Å². The summed E-state index contributed by atoms with van der Waals surface area (Å²) in [7, 11) is 0. The van der Waals surface area contributed by atoms with E-state index >= 15 is 0 Å². The number of phenols is 1. The van der Waals surface area contributed by atoms with Crippen LogP contribution < -0.4 is 4.74 Å². The predicted molar refractivity (Wildman–Crippen MR) is 118 cm³/mol. The number of phenolic OH excluding ortho intramolecular Hbond substituents is 1. The Morgan fingerprint density at radius 2 is 1.59 bits per heavy atom. The van der Waals surface area contributed by atoms with Crippen LogP contribution in [-0.4, -0.2) is 39.3 Å². The summed E-state index contributed by atoms with van der Waals surface area (Å²) < 4.78 is 11.4. The number of nitrogens with zero attached hydrogens (tertiary/aromatic N) is 3. The van der Waals surface area contributed by atoms with Crippen molar-refractivity contribution >= 4 is 17.0 Å². The maximum Gasteiger partial charge on any atom is 0.312 e. The minimum atomic E-state index is -0.241. The molecule has 4 fully saturated rings. The van der Waals surface area contributed by atoms with Crippen molar-refractivity contribution in [2.75, 3.05) is 13.2 Å². The normalized spacial score (nSPS) is 28.2. The highest BCUT2D eigenvalue weighted by Crippen LogP contribution is 2.60. The molecule has 4 aliphatic rings. The second-order valence-corrected chi connectivity index (χ2v) is 9.81. The number of benzene rings is 2. The number of rotatable bonds is 6. The maximum absolute atomic E-state index is 12.9. The first-order chi connectivity index (χ1) is 15.6. The van der Waals surface area contributed by atoms with Gasteiger partial charge < -0.3 is 14.6 Å². The molecule has 2 aromatic carbocycles. The van der Waals surface area contributed by atoms with Crippen LogP contribution in [-0.2, 0) is 9.53 Å². The van der Waals surface area contributed by atoms with Gasteiger partial charge in [-0.2, -0.15) is 0 Å². The molecule has 4 saturated carbocycles. The lowest BCUT2D eigenvalue weighted by atomic mass is 9.49. The molecule has 0 aliphatic heterocycles. The van der Waals surface area contributed by atoms with Gasteiger partial charge in [0.15, 0.2) is 0 Å². The van der Waals surface area contributed by atoms with Crippen LogP contribution in [0.25, 0.3) is 16.7 Å². The molecule has 1 aromatic heterocycles. The van der Waals surface area contributed by atoms with Gasteiger partial charge in [0.2, 0.25) is 0 Å². The zero-order chi connectivity index (χ0) is 21.7. The van der Waals surface area contributed by atoms with Gasteiger partial charge in [0.1, 0.15) is 41.4 Å². The molecule has 32 heavy (non-hydrogen) atoms. The third-order valence-corrected chi connectivity index (χ3v) is 7.51. The van der Waals surface area contributed by atoms with E-state index in [4.69, 9.17) is 9.47 Å². The first-order valence-corrected chi connectivity index (χ1v) is 11.5. The zero-order valence-electron chi connectivity index (χ0n) is 17.9. The summed E-state index contributed by atoms with van der Waals surface area (Å²) in [4.78, 5) is 14.3. The summed E-state index contributed by atoms with van der Waals surface area (Å²) in [5.41, 5.74) is 1.75. The Labute approximate surface area is 186 Å². The van der Waals surface area contributed by atoms with E-state index in [2.05, 4.69) is 10.2 Å². The van der Waals surface area contributed by atoms with Crippen LogP contribution in [0.3, 0.4) is 0 Å². The van der Waals surface area contributed by atoms with Crippen molar-refractivity contribution in [2.45, 2.75) is 38.5 Å². The minimum Gasteiger partial charge on any atom is -0.505 e. The Kier molecular flexibility index (Phi) is 4.59. The monoisotopic (exact) mass is 433 g/mol. The minimum absolute atomic E-state index is 0.0216. The lowest BCUT2D eigenvalue weighted by molar-refractivity contribution is -0.172. The molecule has 7 nitrogen and oxygen atoms in total. The Bertz CT molecular complexity index is 1100. The van der Waals surface area contributed by atoms with Crippen molar-refractivity contribution < 1.29 is 19.4 Å². The third-order valence-electron chi connectivity index (χ3n) is 7.51. The number of esters is 1. The molecule has 0 saturated heterocycles. The van der Waals surface area contributed by atoms with E-state index in [0.717, 1.165) is 30.3 Å². The molecule has 7 rings (SSSR count). The van der Waals surface area contributed by atoms with Crippen LogP contribution in [0.1, 0.15) is 38.5 Å². The number of aromatic hydroxyl groups is 1. The predicted octanol–water partition coefficient (Wildman–Crippen LogP) is 4.26. The van der Waals surface area contributed by atoms with E-state index in [9.17, 15) is 9.90 Å². The number of aromatic nitrogens is 3. The highest BCUT2D eigenvalue weighted by atomic mass is 16.6. The summed E-state index contributed by atoms with van der Waals surface area (Å²) in [5.74, 6) is 2.65. The SMILES string of the molecule is O=C(OCCOc1ccc(-n2nc3ccccc3n2)c(O)c1)C12CC3CC(CC(C3)C1)C2. The highest BCUT2D eigenvalue weighted by molar-refractivity contribution is 5.77. The maximum atomic E-state index is 12.9. The van der Waals surface area contributed by atoms with Crippen LogP contribution in [0.4, 0.5) is 0 Å². The number of ether oxygens (including phenoxy) is 2. The van der Waals surface area contributed by atoms with E-state index < -0.39 is 0 Å². The molecular formula is C25H27N3O4. The Morgan fingerprint density at radius 1 is 0.969 bits per heavy atom. The molecule has 4 bridgehead atoms. The highest BCUT2D eigenvalue weighted by Gasteiger charge is 2.55. The summed E-state index contributed by atoms with van der Waals surface area (Å²) in [6.07, 6.45) is 6.93. The smallest absolute Gasteiger partial charge is 0.312 e. The van der Waals surface area contributed by atoms with Gasteiger partial charge in [-0.25, -0.2) is 0 Å². The fraction of sp³-hybridized carbons (Fsp3) is 0.480. The summed E-state index contributed by atoms with van der Waals surface area (Å²) in [6.45, 7) is 0.468. The van der Waals surface area contributed by atoms with Gasteiger partial charge in [-0.05, 0) is 80.5 Å². The molecule has 166 valence electrons. The number of carbonyl (C=O) groups excluding carboxylic acids is 1. The fourth-order valence-corrected chi connectivity index (χ4v) is 6.54. The third kappa shape index (κ3) is 3.40. The van der Waals surface area contributed by atoms with E-state index in [1.54, 1.807) is 12.1 Å². The van der Waals surface area contributed by atoms with Gasteiger partial charge >= 0.3 is 5.97 Å². The second kappa shape index (κ2) is 7.50. The Morgan fingerprint density at radius 3 is 2.19 bits per heavy atom. The van der Waals surface area contributed by atoms with Crippen molar-refractivity contribution in [1.82, 2.24) is 15.0 Å². The first kappa shape index (κ1) is 19.6. The number of hydrogen-bond acceptors (Lipinski definition) is 6. The molecule has 7 heteroatoms. The summed E-state index contributed by atoms with van der Waals surface area (Å²) in [6, 6.07) is 12.5. The molecule has 0 spiro atoms. The van der Waals surface area contributed by atoms with Crippen molar-refractivity contribution in [2.24, 2.45) is 23.2 Å². The van der Waals surface area contributed by atoms with Crippen molar-refractivity contribution in [1.29, 1.82) is 0 Å². The first-order valence-electron chi connectivity index (χ1n) is 11.5. The molecule has 4 aliphatic carbocycles. The molecule has 1 heterocycles. The van der Waals surface area contributed by atoms with Crippen molar-refractivity contribution in [3.63, 3.8) is 0 Å². The van der Waals surface area contributed by atoms with E-state index in [1.807, 2.05) is 24.3 Å². The average molecular weight is 434 g/mol. The fourth-order valence-electron chi connectivity index (χ4n) is 6.54. The second-order valence-electron chi connectivity index (χ2n) is 9.81.